The van der Waals surface area contributed by atoms with Gasteiger partial charge in [0.05, 0.1) is 12.2 Å². The van der Waals surface area contributed by atoms with Gasteiger partial charge >= 0.3 is 0 Å². The average molecular weight is 573 g/mol. The largest absolute Gasteiger partial charge is 0.353 e. The highest BCUT2D eigenvalue weighted by Crippen LogP contribution is 2.24. The van der Waals surface area contributed by atoms with Crippen LogP contribution >= 0.6 is 0 Å². The van der Waals surface area contributed by atoms with E-state index in [1.807, 2.05) is 34.9 Å². The number of benzene rings is 1. The van der Waals surface area contributed by atoms with Crippen molar-refractivity contribution in [3.05, 3.63) is 76.6 Å². The zero-order valence-electron chi connectivity index (χ0n) is 25.8. The molecule has 3 heterocycles. The van der Waals surface area contributed by atoms with Gasteiger partial charge in [0.25, 0.3) is 5.91 Å². The van der Waals surface area contributed by atoms with Crippen molar-refractivity contribution in [1.82, 2.24) is 19.5 Å². The highest BCUT2D eigenvalue weighted by atomic mass is 16.2. The van der Waals surface area contributed by atoms with Crippen molar-refractivity contribution in [2.24, 2.45) is 0 Å². The van der Waals surface area contributed by atoms with E-state index in [0.717, 1.165) is 49.7 Å². The average Bonchev–Trinajstić information content (AvgIpc) is 3.38. The van der Waals surface area contributed by atoms with E-state index in [2.05, 4.69) is 43.1 Å². The number of pyridine rings is 1. The van der Waals surface area contributed by atoms with Gasteiger partial charge in [0.1, 0.15) is 0 Å². The number of aromatic nitrogens is 1. The van der Waals surface area contributed by atoms with E-state index in [1.54, 1.807) is 11.0 Å². The molecule has 7 heteroatoms. The van der Waals surface area contributed by atoms with Gasteiger partial charge in [0, 0.05) is 35.9 Å². The summed E-state index contributed by atoms with van der Waals surface area (Å²) in [6, 6.07) is 13.8. The van der Waals surface area contributed by atoms with Gasteiger partial charge in [-0.25, -0.2) is 0 Å². The summed E-state index contributed by atoms with van der Waals surface area (Å²) in [5.74, 6) is -0.296. The van der Waals surface area contributed by atoms with Gasteiger partial charge in [-0.05, 0) is 87.5 Å². The first-order valence-electron chi connectivity index (χ1n) is 16.0. The maximum Gasteiger partial charge on any atom is 0.254 e. The van der Waals surface area contributed by atoms with Gasteiger partial charge in [-0.2, -0.15) is 0 Å². The van der Waals surface area contributed by atoms with Crippen LogP contribution in [0, 0.1) is 0 Å². The molecular formula is C35H48N4O3. The number of unbranched alkanes of at least 4 members (excludes halogenated alkanes) is 3. The van der Waals surface area contributed by atoms with E-state index in [1.165, 1.54) is 44.3 Å². The minimum atomic E-state index is -0.161. The smallest absolute Gasteiger partial charge is 0.254 e. The van der Waals surface area contributed by atoms with Crippen molar-refractivity contribution < 1.29 is 14.4 Å². The number of ketones is 1. The van der Waals surface area contributed by atoms with Gasteiger partial charge in [-0.1, -0.05) is 64.3 Å². The Morgan fingerprint density at radius 3 is 2.19 bits per heavy atom. The van der Waals surface area contributed by atoms with Gasteiger partial charge in [-0.15, -0.1) is 0 Å². The van der Waals surface area contributed by atoms with Crippen molar-refractivity contribution in [3.63, 3.8) is 0 Å². The van der Waals surface area contributed by atoms with Gasteiger partial charge in [-0.3, -0.25) is 14.4 Å². The number of hydrogen-bond acceptors (Lipinski definition) is 4. The number of rotatable bonds is 16. The van der Waals surface area contributed by atoms with Crippen LogP contribution in [0.1, 0.15) is 103 Å². The molecule has 0 spiro atoms. The number of fused-ring (bicyclic) bond motifs is 1. The number of aryl methyl sites for hydroxylation is 2. The summed E-state index contributed by atoms with van der Waals surface area (Å²) >= 11 is 0. The summed E-state index contributed by atoms with van der Waals surface area (Å²) in [5.41, 5.74) is 4.98. The summed E-state index contributed by atoms with van der Waals surface area (Å²) in [6.45, 7) is 11.2. The minimum Gasteiger partial charge on any atom is -0.353 e. The minimum absolute atomic E-state index is 0.00439. The van der Waals surface area contributed by atoms with Gasteiger partial charge in [0.15, 0.2) is 0 Å². The molecule has 0 bridgehead atoms. The summed E-state index contributed by atoms with van der Waals surface area (Å²) in [6.07, 6.45) is 11.7. The third-order valence-corrected chi connectivity index (χ3v) is 8.25. The van der Waals surface area contributed by atoms with Crippen LogP contribution in [0.4, 0.5) is 0 Å². The molecule has 0 unspecified atom stereocenters. The van der Waals surface area contributed by atoms with E-state index in [9.17, 15) is 14.4 Å². The molecule has 7 nitrogen and oxygen atoms in total. The molecule has 1 N–H and O–H groups in total. The van der Waals surface area contributed by atoms with Crippen LogP contribution in [-0.2, 0) is 17.6 Å². The first-order chi connectivity index (χ1) is 20.4. The number of nitrogens with one attached hydrogen (secondary N) is 1. The summed E-state index contributed by atoms with van der Waals surface area (Å²) < 4.78 is 1.92. The predicted molar refractivity (Wildman–Crippen MR) is 169 cm³/mol. The van der Waals surface area contributed by atoms with Gasteiger partial charge < -0.3 is 19.5 Å². The number of nitrogens with zero attached hydrogens (tertiary/aromatic N) is 3. The lowest BCUT2D eigenvalue weighted by atomic mass is 10.00. The molecule has 0 atom stereocenters. The monoisotopic (exact) mass is 572 g/mol. The predicted octanol–water partition coefficient (Wildman–Crippen LogP) is 5.92. The van der Waals surface area contributed by atoms with E-state index in [-0.39, 0.29) is 24.1 Å². The molecule has 1 saturated heterocycles. The van der Waals surface area contributed by atoms with Crippen molar-refractivity contribution in [2.45, 2.75) is 78.6 Å². The standard InChI is InChI=1S/C35H48N4O3/c1-4-7-12-29-24-31-25-30(35(42)38-23-18-36-32(40)26-38)17-22-39(31)33(29)34(41)28-15-13-27(14-16-28)11-10-21-37(19-8-5-2)20-9-6-3/h13-17,22,24-25H,4-12,18-21,23,26H2,1-3H3,(H,36,40). The lowest BCUT2D eigenvalue weighted by molar-refractivity contribution is -0.123. The Kier molecular flexibility index (Phi) is 11.8. The Hall–Kier alpha value is -3.45. The molecule has 4 rings (SSSR count). The van der Waals surface area contributed by atoms with Crippen LogP contribution in [0.25, 0.3) is 5.52 Å². The quantitative estimate of drug-likeness (QED) is 0.216. The number of piperazine rings is 1. The molecule has 2 amide bonds. The second kappa shape index (κ2) is 15.7. The van der Waals surface area contributed by atoms with E-state index < -0.39 is 0 Å². The van der Waals surface area contributed by atoms with Crippen molar-refractivity contribution in [1.29, 1.82) is 0 Å². The SMILES string of the molecule is CCCCc1cc2cc(C(=O)N3CCNC(=O)C3)ccn2c1C(=O)c1ccc(CCCN(CCCC)CCCC)cc1. The Morgan fingerprint density at radius 2 is 1.52 bits per heavy atom. The highest BCUT2D eigenvalue weighted by Gasteiger charge is 2.24. The zero-order chi connectivity index (χ0) is 29.9. The first-order valence-corrected chi connectivity index (χ1v) is 16.0. The second-order valence-electron chi connectivity index (χ2n) is 11.6. The van der Waals surface area contributed by atoms with Crippen molar-refractivity contribution >= 4 is 23.1 Å². The first kappa shape index (κ1) is 31.5. The second-order valence-corrected chi connectivity index (χ2v) is 11.6. The molecule has 1 aromatic carbocycles. The molecule has 226 valence electrons. The van der Waals surface area contributed by atoms with E-state index >= 15 is 0 Å². The van der Waals surface area contributed by atoms with E-state index in [4.69, 9.17) is 0 Å². The molecule has 0 aliphatic carbocycles. The molecule has 0 saturated carbocycles. The Balaban J connectivity index is 1.48. The van der Waals surface area contributed by atoms with Crippen molar-refractivity contribution in [2.75, 3.05) is 39.3 Å². The maximum absolute atomic E-state index is 13.9. The Labute approximate surface area is 251 Å². The molecule has 1 aliphatic rings. The fraction of sp³-hybridized carbons (Fsp3) is 0.514. The lowest BCUT2D eigenvalue weighted by Gasteiger charge is -2.26. The number of amides is 2. The summed E-state index contributed by atoms with van der Waals surface area (Å²) in [5, 5.41) is 2.76. The maximum atomic E-state index is 13.9. The fourth-order valence-electron chi connectivity index (χ4n) is 5.74. The van der Waals surface area contributed by atoms with Gasteiger partial charge in [0.2, 0.25) is 11.7 Å². The molecule has 3 aromatic rings. The van der Waals surface area contributed by atoms with Crippen LogP contribution in [0.3, 0.4) is 0 Å². The van der Waals surface area contributed by atoms with Crippen molar-refractivity contribution in [3.8, 4) is 0 Å². The third kappa shape index (κ3) is 8.09. The summed E-state index contributed by atoms with van der Waals surface area (Å²) in [4.78, 5) is 43.0. The topological polar surface area (TPSA) is 74.1 Å². The lowest BCUT2D eigenvalue weighted by Crippen LogP contribution is -2.49. The highest BCUT2D eigenvalue weighted by molar-refractivity contribution is 6.10. The fourth-order valence-corrected chi connectivity index (χ4v) is 5.74. The normalized spacial score (nSPS) is 13.6. The van der Waals surface area contributed by atoms with Crippen LogP contribution in [0.2, 0.25) is 0 Å². The van der Waals surface area contributed by atoms with Crippen LogP contribution in [0.15, 0.2) is 48.7 Å². The Bertz CT molecular complexity index is 1340. The molecule has 1 aliphatic heterocycles. The van der Waals surface area contributed by atoms with Crippen LogP contribution in [0.5, 0.6) is 0 Å². The number of carbonyl (C=O) groups is 3. The molecule has 2 aromatic heterocycles. The summed E-state index contributed by atoms with van der Waals surface area (Å²) in [7, 11) is 0. The number of hydrogen-bond donors (Lipinski definition) is 1. The van der Waals surface area contributed by atoms with Crippen LogP contribution < -0.4 is 5.32 Å². The number of carbonyl (C=O) groups excluding carboxylic acids is 3. The molecule has 1 fully saturated rings. The molecule has 0 radical (unpaired) electrons. The third-order valence-electron chi connectivity index (χ3n) is 8.25. The van der Waals surface area contributed by atoms with Crippen LogP contribution in [-0.4, -0.2) is 71.1 Å². The Morgan fingerprint density at radius 1 is 0.833 bits per heavy atom. The zero-order valence-corrected chi connectivity index (χ0v) is 25.8. The molecular weight excluding hydrogens is 524 g/mol. The van der Waals surface area contributed by atoms with E-state index in [0.29, 0.717) is 29.9 Å². The molecule has 42 heavy (non-hydrogen) atoms.